The van der Waals surface area contributed by atoms with Crippen molar-refractivity contribution in [2.75, 3.05) is 11.6 Å². The zero-order valence-corrected chi connectivity index (χ0v) is 17.8. The summed E-state index contributed by atoms with van der Waals surface area (Å²) < 4.78 is 5.20. The van der Waals surface area contributed by atoms with Gasteiger partial charge in [0.15, 0.2) is 6.10 Å². The second-order valence-electron chi connectivity index (χ2n) is 6.77. The van der Waals surface area contributed by atoms with Gasteiger partial charge in [0.25, 0.3) is 5.69 Å². The van der Waals surface area contributed by atoms with Gasteiger partial charge in [0.05, 0.1) is 4.92 Å². The molecule has 0 fully saturated rings. The molecular formula is C21H22N2O6S. The van der Waals surface area contributed by atoms with E-state index in [-0.39, 0.29) is 28.6 Å². The molecule has 2 rings (SSSR count). The molecule has 0 saturated carbocycles. The Morgan fingerprint density at radius 3 is 2.23 bits per heavy atom. The Morgan fingerprint density at radius 1 is 1.07 bits per heavy atom. The molecule has 0 saturated heterocycles. The number of hydrogen-bond donors (Lipinski definition) is 1. The number of nitro benzene ring substituents is 1. The maximum absolute atomic E-state index is 12.6. The Hall–Kier alpha value is -3.20. The summed E-state index contributed by atoms with van der Waals surface area (Å²) in [5, 5.41) is 13.9. The zero-order valence-electron chi connectivity index (χ0n) is 17.0. The van der Waals surface area contributed by atoms with E-state index in [2.05, 4.69) is 5.32 Å². The van der Waals surface area contributed by atoms with Gasteiger partial charge >= 0.3 is 5.97 Å². The van der Waals surface area contributed by atoms with Crippen molar-refractivity contribution in [1.29, 1.82) is 0 Å². The molecule has 0 aliphatic heterocycles. The van der Waals surface area contributed by atoms with Crippen molar-refractivity contribution in [3.63, 3.8) is 0 Å². The molecule has 8 nitrogen and oxygen atoms in total. The maximum atomic E-state index is 12.6. The largest absolute Gasteiger partial charge is 0.450 e. The van der Waals surface area contributed by atoms with E-state index in [0.717, 1.165) is 0 Å². The monoisotopic (exact) mass is 430 g/mol. The molecule has 1 amide bonds. The van der Waals surface area contributed by atoms with E-state index in [1.165, 1.54) is 49.0 Å². The highest BCUT2D eigenvalue weighted by atomic mass is 32.2. The zero-order chi connectivity index (χ0) is 22.4. The summed E-state index contributed by atoms with van der Waals surface area (Å²) in [6, 6.07) is 10.3. The molecule has 1 N–H and O–H groups in total. The second-order valence-corrected chi connectivity index (χ2v) is 7.65. The van der Waals surface area contributed by atoms with Crippen molar-refractivity contribution in [1.82, 2.24) is 0 Å². The number of ether oxygens (including phenoxy) is 1. The van der Waals surface area contributed by atoms with Gasteiger partial charge in [-0.05, 0) is 49.6 Å². The van der Waals surface area contributed by atoms with Crippen LogP contribution in [-0.4, -0.2) is 34.9 Å². The number of nitrogens with zero attached hydrogens (tertiary/aromatic N) is 1. The Balaban J connectivity index is 2.13. The molecule has 1 atom stereocenters. The lowest BCUT2D eigenvalue weighted by Gasteiger charge is -2.13. The normalized spacial score (nSPS) is 11.6. The number of hydrogen-bond acceptors (Lipinski definition) is 7. The lowest BCUT2D eigenvalue weighted by atomic mass is 10.1. The topological polar surface area (TPSA) is 116 Å². The number of esters is 1. The molecule has 2 aromatic rings. The van der Waals surface area contributed by atoms with Gasteiger partial charge in [-0.25, -0.2) is 4.79 Å². The van der Waals surface area contributed by atoms with Crippen molar-refractivity contribution >= 4 is 40.8 Å². The van der Waals surface area contributed by atoms with Crippen molar-refractivity contribution < 1.29 is 24.0 Å². The minimum Gasteiger partial charge on any atom is -0.450 e. The van der Waals surface area contributed by atoms with Crippen LogP contribution in [0.5, 0.6) is 0 Å². The minimum absolute atomic E-state index is 0.148. The third kappa shape index (κ3) is 5.66. The quantitative estimate of drug-likeness (QED) is 0.218. The molecular weight excluding hydrogens is 408 g/mol. The van der Waals surface area contributed by atoms with Gasteiger partial charge in [-0.1, -0.05) is 13.8 Å². The van der Waals surface area contributed by atoms with Gasteiger partial charge in [0, 0.05) is 28.1 Å². The number of Topliss-reactive ketones (excluding diaryl/α,β-unsaturated/α-hetero) is 1. The van der Waals surface area contributed by atoms with Gasteiger partial charge < -0.3 is 10.1 Å². The van der Waals surface area contributed by atoms with Gasteiger partial charge in [-0.15, -0.1) is 11.8 Å². The van der Waals surface area contributed by atoms with Crippen molar-refractivity contribution in [3.05, 3.63) is 63.7 Å². The van der Waals surface area contributed by atoms with E-state index < -0.39 is 22.8 Å². The van der Waals surface area contributed by atoms with Crippen LogP contribution in [0.25, 0.3) is 0 Å². The Bertz CT molecular complexity index is 972. The molecule has 30 heavy (non-hydrogen) atoms. The predicted molar refractivity (Wildman–Crippen MR) is 114 cm³/mol. The van der Waals surface area contributed by atoms with E-state index in [9.17, 15) is 24.5 Å². The molecule has 0 bridgehead atoms. The summed E-state index contributed by atoms with van der Waals surface area (Å²) >= 11 is 1.32. The lowest BCUT2D eigenvalue weighted by Crippen LogP contribution is -2.25. The average molecular weight is 430 g/mol. The van der Waals surface area contributed by atoms with Crippen molar-refractivity contribution in [3.8, 4) is 0 Å². The fourth-order valence-electron chi connectivity index (χ4n) is 2.48. The first kappa shape index (κ1) is 23.1. The van der Waals surface area contributed by atoms with E-state index >= 15 is 0 Å². The number of rotatable bonds is 8. The van der Waals surface area contributed by atoms with Gasteiger partial charge in [0.1, 0.15) is 5.56 Å². The number of ketones is 1. The highest BCUT2D eigenvalue weighted by Crippen LogP contribution is 2.26. The van der Waals surface area contributed by atoms with Gasteiger partial charge in [-0.3, -0.25) is 19.7 Å². The summed E-state index contributed by atoms with van der Waals surface area (Å²) in [6.07, 6.45) is 0.626. The van der Waals surface area contributed by atoms with E-state index in [1.807, 2.05) is 0 Å². The molecule has 0 radical (unpaired) electrons. The maximum Gasteiger partial charge on any atom is 0.345 e. The summed E-state index contributed by atoms with van der Waals surface area (Å²) in [5.41, 5.74) is 0.227. The van der Waals surface area contributed by atoms with Crippen LogP contribution in [0.1, 0.15) is 41.5 Å². The summed E-state index contributed by atoms with van der Waals surface area (Å²) in [7, 11) is 0. The number of nitrogens with one attached hydrogen (secondary N) is 1. The summed E-state index contributed by atoms with van der Waals surface area (Å²) in [4.78, 5) is 48.0. The van der Waals surface area contributed by atoms with Crippen LogP contribution in [0.4, 0.5) is 11.4 Å². The second kappa shape index (κ2) is 10.0. The molecule has 9 heteroatoms. The van der Waals surface area contributed by atoms with Crippen molar-refractivity contribution in [2.24, 2.45) is 5.92 Å². The molecule has 2 aromatic carbocycles. The Morgan fingerprint density at radius 2 is 1.70 bits per heavy atom. The number of benzene rings is 2. The molecule has 158 valence electrons. The van der Waals surface area contributed by atoms with Crippen LogP contribution in [0.2, 0.25) is 0 Å². The highest BCUT2D eigenvalue weighted by Gasteiger charge is 2.26. The number of thioether (sulfide) groups is 1. The highest BCUT2D eigenvalue weighted by molar-refractivity contribution is 7.98. The summed E-state index contributed by atoms with van der Waals surface area (Å²) in [6.45, 7) is 4.93. The fraction of sp³-hybridized carbons (Fsp3) is 0.286. The third-order valence-corrected chi connectivity index (χ3v) is 4.96. The van der Waals surface area contributed by atoms with Crippen LogP contribution in [0.3, 0.4) is 0 Å². The standard InChI is InChI=1S/C21H22N2O6S/c1-12(2)20(25)22-15-7-5-14(6-8-15)19(24)13(3)29-21(26)17-11-16(30-4)9-10-18(17)23(27)28/h5-13H,1-4H3,(H,22,25). The summed E-state index contributed by atoms with van der Waals surface area (Å²) in [5.74, 6) is -1.74. The average Bonchev–Trinajstić information content (AvgIpc) is 2.72. The number of carbonyl (C=O) groups excluding carboxylic acids is 3. The molecule has 0 aliphatic carbocycles. The smallest absolute Gasteiger partial charge is 0.345 e. The van der Waals surface area contributed by atoms with Crippen LogP contribution >= 0.6 is 11.8 Å². The first-order chi connectivity index (χ1) is 14.1. The molecule has 0 aliphatic rings. The third-order valence-electron chi connectivity index (χ3n) is 4.23. The Labute approximate surface area is 178 Å². The van der Waals surface area contributed by atoms with Gasteiger partial charge in [-0.2, -0.15) is 0 Å². The van der Waals surface area contributed by atoms with Crippen LogP contribution < -0.4 is 5.32 Å². The Kier molecular flexibility index (Phi) is 7.71. The van der Waals surface area contributed by atoms with Crippen molar-refractivity contribution in [2.45, 2.75) is 31.8 Å². The molecule has 0 aromatic heterocycles. The number of anilines is 1. The number of nitro groups is 1. The fourth-order valence-corrected chi connectivity index (χ4v) is 2.92. The molecule has 0 spiro atoms. The van der Waals surface area contributed by atoms with Gasteiger partial charge in [0.2, 0.25) is 11.7 Å². The lowest BCUT2D eigenvalue weighted by molar-refractivity contribution is -0.385. The minimum atomic E-state index is -1.15. The van der Waals surface area contributed by atoms with E-state index in [1.54, 1.807) is 32.2 Å². The SMILES string of the molecule is CSc1ccc([N+](=O)[O-])c(C(=O)OC(C)C(=O)c2ccc(NC(=O)C(C)C)cc2)c1. The number of amides is 1. The predicted octanol–water partition coefficient (Wildman–Crippen LogP) is 4.34. The molecule has 1 unspecified atom stereocenters. The molecule has 0 heterocycles. The number of carbonyl (C=O) groups is 3. The van der Waals surface area contributed by atoms with Crippen LogP contribution in [-0.2, 0) is 9.53 Å². The first-order valence-electron chi connectivity index (χ1n) is 9.12. The van der Waals surface area contributed by atoms with Crippen LogP contribution in [0, 0.1) is 16.0 Å². The van der Waals surface area contributed by atoms with E-state index in [4.69, 9.17) is 4.74 Å². The first-order valence-corrected chi connectivity index (χ1v) is 10.3. The van der Waals surface area contributed by atoms with E-state index in [0.29, 0.717) is 10.6 Å². The van der Waals surface area contributed by atoms with Crippen LogP contribution in [0.15, 0.2) is 47.4 Å².